The van der Waals surface area contributed by atoms with Gasteiger partial charge in [0.1, 0.15) is 5.82 Å². The first-order valence-corrected chi connectivity index (χ1v) is 10.9. The summed E-state index contributed by atoms with van der Waals surface area (Å²) < 4.78 is 39.9. The Balaban J connectivity index is 1.50. The molecule has 1 aliphatic heterocycles. The summed E-state index contributed by atoms with van der Waals surface area (Å²) in [4.78, 5) is 26.4. The SMILES string of the molecule is O=C(C(=O)N1CCC(CNS(=O)(=O)c2ccc(F)cc2)CC1)c1cccs1. The molecule has 6 nitrogen and oxygen atoms in total. The lowest BCUT2D eigenvalue weighted by molar-refractivity contribution is -0.127. The van der Waals surface area contributed by atoms with Gasteiger partial charge < -0.3 is 4.90 Å². The van der Waals surface area contributed by atoms with Crippen LogP contribution in [0.5, 0.6) is 0 Å². The normalized spacial score (nSPS) is 15.7. The van der Waals surface area contributed by atoms with Crippen molar-refractivity contribution >= 4 is 33.1 Å². The van der Waals surface area contributed by atoms with Gasteiger partial charge in [0.25, 0.3) is 11.7 Å². The van der Waals surface area contributed by atoms with Crippen molar-refractivity contribution in [3.63, 3.8) is 0 Å². The van der Waals surface area contributed by atoms with E-state index in [1.54, 1.807) is 17.5 Å². The van der Waals surface area contributed by atoms with Crippen LogP contribution in [0.2, 0.25) is 0 Å². The molecule has 0 saturated carbocycles. The molecule has 0 unspecified atom stereocenters. The van der Waals surface area contributed by atoms with E-state index in [4.69, 9.17) is 0 Å². The van der Waals surface area contributed by atoms with Crippen LogP contribution in [-0.2, 0) is 14.8 Å². The molecule has 0 bridgehead atoms. The number of sulfonamides is 1. The predicted octanol–water partition coefficient (Wildman–Crippen LogP) is 2.29. The highest BCUT2D eigenvalue weighted by molar-refractivity contribution is 7.89. The molecule has 1 amide bonds. The minimum absolute atomic E-state index is 0.0121. The molecule has 1 saturated heterocycles. The lowest BCUT2D eigenvalue weighted by Crippen LogP contribution is -2.44. The van der Waals surface area contributed by atoms with Crippen molar-refractivity contribution in [2.24, 2.45) is 5.92 Å². The van der Waals surface area contributed by atoms with Crippen LogP contribution in [0.4, 0.5) is 4.39 Å². The molecule has 27 heavy (non-hydrogen) atoms. The van der Waals surface area contributed by atoms with Gasteiger partial charge in [0.2, 0.25) is 10.0 Å². The van der Waals surface area contributed by atoms with Gasteiger partial charge >= 0.3 is 0 Å². The molecule has 1 fully saturated rings. The maximum atomic E-state index is 12.9. The topological polar surface area (TPSA) is 83.6 Å². The Kier molecular flexibility index (Phi) is 6.03. The number of carbonyl (C=O) groups excluding carboxylic acids is 2. The third-order valence-corrected chi connectivity index (χ3v) is 6.84. The molecule has 2 heterocycles. The first-order valence-electron chi connectivity index (χ1n) is 8.49. The quantitative estimate of drug-likeness (QED) is 0.585. The third kappa shape index (κ3) is 4.79. The van der Waals surface area contributed by atoms with E-state index in [0.29, 0.717) is 30.8 Å². The zero-order chi connectivity index (χ0) is 19.4. The van der Waals surface area contributed by atoms with Gasteiger partial charge in [-0.1, -0.05) is 6.07 Å². The average molecular weight is 410 g/mol. The van der Waals surface area contributed by atoms with E-state index in [9.17, 15) is 22.4 Å². The zero-order valence-corrected chi connectivity index (χ0v) is 16.1. The second kappa shape index (κ2) is 8.28. The summed E-state index contributed by atoms with van der Waals surface area (Å²) in [5.74, 6) is -1.44. The van der Waals surface area contributed by atoms with Gasteiger partial charge in [-0.2, -0.15) is 0 Å². The van der Waals surface area contributed by atoms with E-state index in [2.05, 4.69) is 4.72 Å². The van der Waals surface area contributed by atoms with Crippen molar-refractivity contribution < 1.29 is 22.4 Å². The Labute approximate surface area is 161 Å². The average Bonchev–Trinajstić information content (AvgIpc) is 3.21. The van der Waals surface area contributed by atoms with Crippen LogP contribution in [0.25, 0.3) is 0 Å². The van der Waals surface area contributed by atoms with E-state index >= 15 is 0 Å². The number of rotatable bonds is 6. The number of nitrogens with zero attached hydrogens (tertiary/aromatic N) is 1. The molecular weight excluding hydrogens is 391 g/mol. The summed E-state index contributed by atoms with van der Waals surface area (Å²) in [6.45, 7) is 1.07. The van der Waals surface area contributed by atoms with Crippen molar-refractivity contribution in [1.82, 2.24) is 9.62 Å². The van der Waals surface area contributed by atoms with E-state index in [-0.39, 0.29) is 17.4 Å². The summed E-state index contributed by atoms with van der Waals surface area (Å²) >= 11 is 1.24. The first kappa shape index (κ1) is 19.7. The lowest BCUT2D eigenvalue weighted by atomic mass is 9.97. The molecule has 144 valence electrons. The predicted molar refractivity (Wildman–Crippen MR) is 99.5 cm³/mol. The van der Waals surface area contributed by atoms with Crippen LogP contribution in [0.1, 0.15) is 22.5 Å². The van der Waals surface area contributed by atoms with Gasteiger partial charge in [0.05, 0.1) is 9.77 Å². The Morgan fingerprint density at radius 2 is 1.81 bits per heavy atom. The number of benzene rings is 1. The van der Waals surface area contributed by atoms with Crippen LogP contribution >= 0.6 is 11.3 Å². The minimum atomic E-state index is -3.70. The number of piperidine rings is 1. The molecule has 1 aromatic carbocycles. The lowest BCUT2D eigenvalue weighted by Gasteiger charge is -2.31. The number of halogens is 1. The maximum Gasteiger partial charge on any atom is 0.295 e. The standard InChI is InChI=1S/C18H19FN2O4S2/c19-14-3-5-15(6-4-14)27(24,25)20-12-13-7-9-21(10-8-13)18(23)17(22)16-2-1-11-26-16/h1-6,11,13,20H,7-10,12H2. The highest BCUT2D eigenvalue weighted by atomic mass is 32.2. The highest BCUT2D eigenvalue weighted by Crippen LogP contribution is 2.19. The van der Waals surface area contributed by atoms with Crippen molar-refractivity contribution in [2.45, 2.75) is 17.7 Å². The number of nitrogens with one attached hydrogen (secondary N) is 1. The van der Waals surface area contributed by atoms with Gasteiger partial charge in [-0.25, -0.2) is 17.5 Å². The highest BCUT2D eigenvalue weighted by Gasteiger charge is 2.28. The smallest absolute Gasteiger partial charge is 0.295 e. The van der Waals surface area contributed by atoms with Crippen LogP contribution in [0, 0.1) is 11.7 Å². The van der Waals surface area contributed by atoms with Crippen LogP contribution < -0.4 is 4.72 Å². The van der Waals surface area contributed by atoms with E-state index < -0.39 is 27.5 Å². The molecule has 9 heteroatoms. The van der Waals surface area contributed by atoms with E-state index in [1.807, 2.05) is 0 Å². The molecule has 3 rings (SSSR count). The van der Waals surface area contributed by atoms with Crippen molar-refractivity contribution in [3.8, 4) is 0 Å². The number of Topliss-reactive ketones (excluding diaryl/α,β-unsaturated/α-hetero) is 1. The summed E-state index contributed by atoms with van der Waals surface area (Å²) in [6.07, 6.45) is 1.21. The fourth-order valence-electron chi connectivity index (χ4n) is 2.92. The number of ketones is 1. The number of hydrogen-bond acceptors (Lipinski definition) is 5. The number of thiophene rings is 1. The van der Waals surface area contributed by atoms with Crippen molar-refractivity contribution in [1.29, 1.82) is 0 Å². The molecular formula is C18H19FN2O4S2. The fourth-order valence-corrected chi connectivity index (χ4v) is 4.69. The summed E-state index contributed by atoms with van der Waals surface area (Å²) in [5.41, 5.74) is 0. The minimum Gasteiger partial charge on any atom is -0.336 e. The van der Waals surface area contributed by atoms with Crippen LogP contribution in [0.15, 0.2) is 46.7 Å². The molecule has 1 N–H and O–H groups in total. The largest absolute Gasteiger partial charge is 0.336 e. The zero-order valence-electron chi connectivity index (χ0n) is 14.4. The number of amides is 1. The molecule has 0 radical (unpaired) electrons. The van der Waals surface area contributed by atoms with Gasteiger partial charge in [-0.3, -0.25) is 9.59 Å². The van der Waals surface area contributed by atoms with Gasteiger partial charge in [-0.05, 0) is 54.5 Å². The van der Waals surface area contributed by atoms with Crippen LogP contribution in [0.3, 0.4) is 0 Å². The summed E-state index contributed by atoms with van der Waals surface area (Å²) in [6, 6.07) is 7.99. The van der Waals surface area contributed by atoms with E-state index in [1.165, 1.54) is 28.4 Å². The van der Waals surface area contributed by atoms with Gasteiger partial charge in [-0.15, -0.1) is 11.3 Å². The first-order chi connectivity index (χ1) is 12.9. The molecule has 0 aliphatic carbocycles. The number of carbonyl (C=O) groups is 2. The fraction of sp³-hybridized carbons (Fsp3) is 0.333. The monoisotopic (exact) mass is 410 g/mol. The second-order valence-corrected chi connectivity index (χ2v) is 9.06. The maximum absolute atomic E-state index is 12.9. The van der Waals surface area contributed by atoms with Gasteiger partial charge in [0, 0.05) is 19.6 Å². The van der Waals surface area contributed by atoms with E-state index in [0.717, 1.165) is 12.1 Å². The Morgan fingerprint density at radius 3 is 2.41 bits per heavy atom. The second-order valence-electron chi connectivity index (χ2n) is 6.35. The molecule has 0 atom stereocenters. The molecule has 1 aromatic heterocycles. The van der Waals surface area contributed by atoms with Crippen molar-refractivity contribution in [3.05, 3.63) is 52.5 Å². The van der Waals surface area contributed by atoms with Gasteiger partial charge in [0.15, 0.2) is 0 Å². The van der Waals surface area contributed by atoms with Crippen molar-refractivity contribution in [2.75, 3.05) is 19.6 Å². The number of likely N-dealkylation sites (tertiary alicyclic amines) is 1. The summed E-state index contributed by atoms with van der Waals surface area (Å²) in [5, 5.41) is 1.75. The Morgan fingerprint density at radius 1 is 1.15 bits per heavy atom. The summed E-state index contributed by atoms with van der Waals surface area (Å²) in [7, 11) is -3.70. The molecule has 1 aliphatic rings. The molecule has 2 aromatic rings. The van der Waals surface area contributed by atoms with Crippen LogP contribution in [-0.4, -0.2) is 44.6 Å². The Bertz CT molecular complexity index is 903. The number of hydrogen-bond donors (Lipinski definition) is 1. The Hall–Kier alpha value is -2.10. The third-order valence-electron chi connectivity index (χ3n) is 4.53. The molecule has 0 spiro atoms.